The van der Waals surface area contributed by atoms with Crippen molar-refractivity contribution in [2.75, 3.05) is 50.4 Å². The van der Waals surface area contributed by atoms with Gasteiger partial charge in [0.1, 0.15) is 5.82 Å². The Morgan fingerprint density at radius 1 is 1.29 bits per heavy atom. The van der Waals surface area contributed by atoms with E-state index in [1.54, 1.807) is 19.2 Å². The lowest BCUT2D eigenvalue weighted by Crippen LogP contribution is -2.49. The standard InChI is InChI=1S/C19H32FN5O2S/c1-4-25(5-2)28(26,27)14-11-22-19(21-3)23-17-9-12-24(13-10-17)18-8-6-7-16(20)15-18/h6-8,15,17H,4-5,9-14H2,1-3H3,(H2,21,22,23). The molecular weight excluding hydrogens is 381 g/mol. The van der Waals surface area contributed by atoms with Crippen molar-refractivity contribution in [2.45, 2.75) is 32.7 Å². The molecule has 158 valence electrons. The molecule has 0 saturated carbocycles. The van der Waals surface area contributed by atoms with E-state index in [9.17, 15) is 12.8 Å². The van der Waals surface area contributed by atoms with Crippen LogP contribution >= 0.6 is 0 Å². The highest BCUT2D eigenvalue weighted by molar-refractivity contribution is 7.89. The maximum atomic E-state index is 13.4. The number of nitrogens with one attached hydrogen (secondary N) is 2. The van der Waals surface area contributed by atoms with Crippen molar-refractivity contribution in [3.8, 4) is 0 Å². The molecule has 0 unspecified atom stereocenters. The molecule has 28 heavy (non-hydrogen) atoms. The summed E-state index contributed by atoms with van der Waals surface area (Å²) in [4.78, 5) is 6.37. The van der Waals surface area contributed by atoms with E-state index in [4.69, 9.17) is 0 Å². The third-order valence-corrected chi connectivity index (χ3v) is 7.01. The molecule has 1 aromatic carbocycles. The van der Waals surface area contributed by atoms with E-state index in [1.165, 1.54) is 10.4 Å². The molecule has 2 rings (SSSR count). The summed E-state index contributed by atoms with van der Waals surface area (Å²) >= 11 is 0. The van der Waals surface area contributed by atoms with Gasteiger partial charge >= 0.3 is 0 Å². The fourth-order valence-electron chi connectivity index (χ4n) is 3.39. The van der Waals surface area contributed by atoms with Crippen molar-refractivity contribution < 1.29 is 12.8 Å². The predicted molar refractivity (Wildman–Crippen MR) is 113 cm³/mol. The zero-order chi connectivity index (χ0) is 20.6. The average molecular weight is 414 g/mol. The molecule has 0 aliphatic carbocycles. The highest BCUT2D eigenvalue weighted by atomic mass is 32.2. The molecular formula is C19H32FN5O2S. The largest absolute Gasteiger partial charge is 0.371 e. The summed E-state index contributed by atoms with van der Waals surface area (Å²) < 4.78 is 39.4. The summed E-state index contributed by atoms with van der Waals surface area (Å²) in [6.07, 6.45) is 1.80. The summed E-state index contributed by atoms with van der Waals surface area (Å²) in [5.41, 5.74) is 0.905. The van der Waals surface area contributed by atoms with Crippen LogP contribution in [0.25, 0.3) is 0 Å². The quantitative estimate of drug-likeness (QED) is 0.500. The van der Waals surface area contributed by atoms with E-state index in [1.807, 2.05) is 19.9 Å². The number of piperidine rings is 1. The minimum Gasteiger partial charge on any atom is -0.371 e. The first kappa shape index (κ1) is 22.4. The number of hydrogen-bond acceptors (Lipinski definition) is 4. The van der Waals surface area contributed by atoms with Crippen LogP contribution in [0.15, 0.2) is 29.3 Å². The van der Waals surface area contributed by atoms with E-state index >= 15 is 0 Å². The second-order valence-corrected chi connectivity index (χ2v) is 8.87. The van der Waals surface area contributed by atoms with Crippen LogP contribution in [-0.4, -0.2) is 70.2 Å². The molecule has 7 nitrogen and oxygen atoms in total. The Morgan fingerprint density at radius 2 is 1.96 bits per heavy atom. The number of anilines is 1. The molecule has 1 aromatic rings. The summed E-state index contributed by atoms with van der Waals surface area (Å²) in [6.45, 7) is 6.60. The number of aliphatic imine (C=N–C) groups is 1. The van der Waals surface area contributed by atoms with Crippen LogP contribution in [-0.2, 0) is 10.0 Å². The lowest BCUT2D eigenvalue weighted by atomic mass is 10.0. The van der Waals surface area contributed by atoms with Gasteiger partial charge in [0.25, 0.3) is 0 Å². The molecule has 1 heterocycles. The number of nitrogens with zero attached hydrogens (tertiary/aromatic N) is 3. The van der Waals surface area contributed by atoms with Gasteiger partial charge in [0.05, 0.1) is 5.75 Å². The highest BCUT2D eigenvalue weighted by Gasteiger charge is 2.21. The van der Waals surface area contributed by atoms with E-state index < -0.39 is 10.0 Å². The van der Waals surface area contributed by atoms with Crippen LogP contribution in [0.1, 0.15) is 26.7 Å². The fourth-order valence-corrected chi connectivity index (χ4v) is 4.79. The average Bonchev–Trinajstić information content (AvgIpc) is 2.68. The molecule has 0 atom stereocenters. The van der Waals surface area contributed by atoms with Crippen molar-refractivity contribution >= 4 is 21.7 Å². The van der Waals surface area contributed by atoms with Gasteiger partial charge in [-0.2, -0.15) is 0 Å². The molecule has 0 amide bonds. The van der Waals surface area contributed by atoms with Crippen molar-refractivity contribution in [1.29, 1.82) is 0 Å². The van der Waals surface area contributed by atoms with Gasteiger partial charge in [-0.15, -0.1) is 0 Å². The summed E-state index contributed by atoms with van der Waals surface area (Å²) in [5.74, 6) is 0.425. The third-order valence-electron chi connectivity index (χ3n) is 4.98. The van der Waals surface area contributed by atoms with E-state index in [2.05, 4.69) is 20.5 Å². The molecule has 0 bridgehead atoms. The maximum Gasteiger partial charge on any atom is 0.215 e. The van der Waals surface area contributed by atoms with Gasteiger partial charge in [-0.25, -0.2) is 17.1 Å². The summed E-state index contributed by atoms with van der Waals surface area (Å²) in [6, 6.07) is 6.91. The lowest BCUT2D eigenvalue weighted by Gasteiger charge is -2.34. The number of hydrogen-bond donors (Lipinski definition) is 2. The molecule has 0 spiro atoms. The van der Waals surface area contributed by atoms with Crippen LogP contribution < -0.4 is 15.5 Å². The van der Waals surface area contributed by atoms with Crippen LogP contribution in [0, 0.1) is 5.82 Å². The Bertz CT molecular complexity index is 744. The minimum atomic E-state index is -3.25. The molecule has 9 heteroatoms. The Kier molecular flexibility index (Phi) is 8.50. The van der Waals surface area contributed by atoms with Gasteiger partial charge in [-0.3, -0.25) is 4.99 Å². The van der Waals surface area contributed by atoms with Crippen LogP contribution in [0.5, 0.6) is 0 Å². The second kappa shape index (κ2) is 10.6. The normalized spacial score (nSPS) is 16.5. The van der Waals surface area contributed by atoms with Gasteiger partial charge in [0.15, 0.2) is 5.96 Å². The zero-order valence-corrected chi connectivity index (χ0v) is 17.8. The van der Waals surface area contributed by atoms with Crippen LogP contribution in [0.4, 0.5) is 10.1 Å². The molecule has 1 saturated heterocycles. The number of halogens is 1. The predicted octanol–water partition coefficient (Wildman–Crippen LogP) is 1.63. The van der Waals surface area contributed by atoms with Crippen molar-refractivity contribution in [2.24, 2.45) is 4.99 Å². The van der Waals surface area contributed by atoms with Crippen LogP contribution in [0.3, 0.4) is 0 Å². The second-order valence-electron chi connectivity index (χ2n) is 6.78. The fraction of sp³-hybridized carbons (Fsp3) is 0.632. The zero-order valence-electron chi connectivity index (χ0n) is 17.0. The summed E-state index contributed by atoms with van der Waals surface area (Å²) in [7, 11) is -1.57. The summed E-state index contributed by atoms with van der Waals surface area (Å²) in [5, 5.41) is 6.46. The van der Waals surface area contributed by atoms with Crippen molar-refractivity contribution in [3.05, 3.63) is 30.1 Å². The van der Waals surface area contributed by atoms with E-state index in [0.29, 0.717) is 25.6 Å². The monoisotopic (exact) mass is 413 g/mol. The minimum absolute atomic E-state index is 0.0351. The van der Waals surface area contributed by atoms with Gasteiger partial charge in [0.2, 0.25) is 10.0 Å². The first-order valence-corrected chi connectivity index (χ1v) is 11.5. The van der Waals surface area contributed by atoms with Gasteiger partial charge in [-0.1, -0.05) is 19.9 Å². The molecule has 2 N–H and O–H groups in total. The Labute approximate surface area is 168 Å². The Balaban J connectivity index is 1.78. The first-order chi connectivity index (χ1) is 13.4. The SMILES string of the molecule is CCN(CC)S(=O)(=O)CCNC(=NC)NC1CCN(c2cccc(F)c2)CC1. The maximum absolute atomic E-state index is 13.4. The Hall–Kier alpha value is -1.87. The number of guanidine groups is 1. The molecule has 1 aliphatic heterocycles. The molecule has 0 aromatic heterocycles. The highest BCUT2D eigenvalue weighted by Crippen LogP contribution is 2.20. The van der Waals surface area contributed by atoms with Crippen molar-refractivity contribution in [1.82, 2.24) is 14.9 Å². The number of sulfonamides is 1. The Morgan fingerprint density at radius 3 is 2.54 bits per heavy atom. The van der Waals surface area contributed by atoms with Gasteiger partial charge in [-0.05, 0) is 31.0 Å². The number of rotatable bonds is 8. The topological polar surface area (TPSA) is 77.0 Å². The first-order valence-electron chi connectivity index (χ1n) is 9.85. The smallest absolute Gasteiger partial charge is 0.215 e. The van der Waals surface area contributed by atoms with Crippen molar-refractivity contribution in [3.63, 3.8) is 0 Å². The van der Waals surface area contributed by atoms with Gasteiger partial charge in [0, 0.05) is 51.5 Å². The number of benzene rings is 1. The molecule has 1 fully saturated rings. The lowest BCUT2D eigenvalue weighted by molar-refractivity contribution is 0.444. The van der Waals surface area contributed by atoms with E-state index in [-0.39, 0.29) is 17.6 Å². The molecule has 0 radical (unpaired) electrons. The van der Waals surface area contributed by atoms with Gasteiger partial charge < -0.3 is 15.5 Å². The van der Waals surface area contributed by atoms with E-state index in [0.717, 1.165) is 31.6 Å². The third kappa shape index (κ3) is 6.34. The molecule has 1 aliphatic rings. The van der Waals surface area contributed by atoms with Crippen LogP contribution in [0.2, 0.25) is 0 Å².